The molecule has 0 atom stereocenters. The zero-order valence-electron chi connectivity index (χ0n) is 20.0. The van der Waals surface area contributed by atoms with Gasteiger partial charge in [0.25, 0.3) is 0 Å². The van der Waals surface area contributed by atoms with Crippen LogP contribution in [0, 0.1) is 0 Å². The van der Waals surface area contributed by atoms with E-state index in [1.54, 1.807) is 0 Å². The fraction of sp³-hybridized carbons (Fsp3) is 0.152. The van der Waals surface area contributed by atoms with Crippen LogP contribution < -0.4 is 10.6 Å². The lowest BCUT2D eigenvalue weighted by Gasteiger charge is -2.22. The average Bonchev–Trinajstić information content (AvgIpc) is 3.49. The van der Waals surface area contributed by atoms with Gasteiger partial charge in [-0.1, -0.05) is 62.4 Å². The van der Waals surface area contributed by atoms with Crippen molar-refractivity contribution >= 4 is 44.9 Å². The Labute approximate surface area is 203 Å². The van der Waals surface area contributed by atoms with E-state index in [4.69, 9.17) is 0 Å². The molecule has 35 heavy (non-hydrogen) atoms. The Bertz CT molecular complexity index is 1960. The summed E-state index contributed by atoms with van der Waals surface area (Å²) >= 11 is 0. The molecule has 2 nitrogen and oxygen atoms in total. The molecule has 6 aromatic rings. The molecule has 0 radical (unpaired) electrons. The molecule has 0 spiro atoms. The zero-order chi connectivity index (χ0) is 23.3. The molecule has 0 amide bonds. The highest BCUT2D eigenvalue weighted by molar-refractivity contribution is 6.12. The van der Waals surface area contributed by atoms with E-state index in [9.17, 15) is 0 Å². The number of rotatable bonds is 1. The van der Waals surface area contributed by atoms with Crippen molar-refractivity contribution in [1.29, 1.82) is 0 Å². The Morgan fingerprint density at radius 3 is 2.26 bits per heavy atom. The minimum atomic E-state index is -0.0654. The van der Waals surface area contributed by atoms with Crippen LogP contribution >= 0.6 is 0 Å². The molecule has 2 aliphatic carbocycles. The lowest BCUT2D eigenvalue weighted by molar-refractivity contribution is 0.661. The van der Waals surface area contributed by atoms with Gasteiger partial charge in [-0.2, -0.15) is 0 Å². The standard InChI is InChI=1S/C33H26N2/c1-33(2)27-18-30-25(21-12-6-8-14-29(21)34-30)16-23(27)24-17-26-22-13-7-9-15-31(22)35(32(26)19-28(24)33)20-10-4-3-5-11-20/h3-5,7,9-19,34H,6,8H2,1-2H3. The normalized spacial score (nSPS) is 15.6. The number of aromatic nitrogens is 2. The molecule has 2 heterocycles. The minimum Gasteiger partial charge on any atom is -0.355 e. The van der Waals surface area contributed by atoms with Crippen molar-refractivity contribution in [2.45, 2.75) is 32.1 Å². The summed E-state index contributed by atoms with van der Waals surface area (Å²) in [6.07, 6.45) is 7.00. The summed E-state index contributed by atoms with van der Waals surface area (Å²) in [5.74, 6) is 0. The van der Waals surface area contributed by atoms with E-state index >= 15 is 0 Å². The van der Waals surface area contributed by atoms with Gasteiger partial charge in [-0.15, -0.1) is 0 Å². The molecule has 0 saturated carbocycles. The van der Waals surface area contributed by atoms with Crippen LogP contribution in [0.25, 0.3) is 61.7 Å². The summed E-state index contributed by atoms with van der Waals surface area (Å²) in [7, 11) is 0. The molecular weight excluding hydrogens is 424 g/mol. The van der Waals surface area contributed by atoms with Crippen molar-refractivity contribution < 1.29 is 0 Å². The molecule has 0 unspecified atom stereocenters. The minimum absolute atomic E-state index is 0.0654. The number of para-hydroxylation sites is 2. The topological polar surface area (TPSA) is 20.7 Å². The SMILES string of the molecule is CC1(C)c2cc3[nH]c4c(c3cc2-c2cc3c5ccccc5n(-c5ccccc5)c3cc21)=CCCC=4. The number of hydrogen-bond donors (Lipinski definition) is 1. The average molecular weight is 451 g/mol. The molecule has 0 fully saturated rings. The Hall–Kier alpha value is -4.04. The Kier molecular flexibility index (Phi) is 3.61. The van der Waals surface area contributed by atoms with Crippen LogP contribution in [0.15, 0.2) is 78.9 Å². The number of hydrogen-bond acceptors (Lipinski definition) is 0. The van der Waals surface area contributed by atoms with Crippen molar-refractivity contribution in [3.63, 3.8) is 0 Å². The second-order valence-electron chi connectivity index (χ2n) is 10.6. The van der Waals surface area contributed by atoms with Crippen LogP contribution in [0.4, 0.5) is 0 Å². The van der Waals surface area contributed by atoms with Gasteiger partial charge in [0.2, 0.25) is 0 Å². The van der Waals surface area contributed by atoms with Gasteiger partial charge in [-0.05, 0) is 77.6 Å². The molecule has 168 valence electrons. The fourth-order valence-corrected chi connectivity index (χ4v) is 6.61. The van der Waals surface area contributed by atoms with Gasteiger partial charge < -0.3 is 9.55 Å². The van der Waals surface area contributed by atoms with Crippen molar-refractivity contribution in [2.75, 3.05) is 0 Å². The second-order valence-corrected chi connectivity index (χ2v) is 10.6. The Morgan fingerprint density at radius 1 is 0.686 bits per heavy atom. The lowest BCUT2D eigenvalue weighted by Crippen LogP contribution is -2.24. The van der Waals surface area contributed by atoms with Gasteiger partial charge >= 0.3 is 0 Å². The number of nitrogens with one attached hydrogen (secondary N) is 1. The smallest absolute Gasteiger partial charge is 0.0544 e. The van der Waals surface area contributed by atoms with Crippen LogP contribution in [0.3, 0.4) is 0 Å². The molecule has 0 saturated heterocycles. The maximum Gasteiger partial charge on any atom is 0.0544 e. The molecule has 1 N–H and O–H groups in total. The van der Waals surface area contributed by atoms with E-state index in [0.29, 0.717) is 0 Å². The zero-order valence-corrected chi connectivity index (χ0v) is 20.0. The van der Waals surface area contributed by atoms with E-state index in [1.165, 1.54) is 71.2 Å². The van der Waals surface area contributed by atoms with E-state index in [1.807, 2.05) is 0 Å². The van der Waals surface area contributed by atoms with E-state index in [-0.39, 0.29) is 5.41 Å². The van der Waals surface area contributed by atoms with Crippen LogP contribution in [-0.2, 0) is 5.41 Å². The second kappa shape index (κ2) is 6.55. The summed E-state index contributed by atoms with van der Waals surface area (Å²) in [6, 6.07) is 29.3. The van der Waals surface area contributed by atoms with Crippen LogP contribution in [0.1, 0.15) is 37.8 Å². The first kappa shape index (κ1) is 19.3. The number of fused-ring (bicyclic) bond motifs is 9. The molecule has 8 rings (SSSR count). The van der Waals surface area contributed by atoms with Crippen molar-refractivity contribution in [3.05, 3.63) is 101 Å². The predicted molar refractivity (Wildman–Crippen MR) is 148 cm³/mol. The van der Waals surface area contributed by atoms with Gasteiger partial charge in [-0.3, -0.25) is 0 Å². The maximum atomic E-state index is 3.70. The molecule has 0 aliphatic heterocycles. The summed E-state index contributed by atoms with van der Waals surface area (Å²) < 4.78 is 2.43. The first-order valence-corrected chi connectivity index (χ1v) is 12.6. The third kappa shape index (κ3) is 2.44. The number of benzene rings is 4. The van der Waals surface area contributed by atoms with Crippen molar-refractivity contribution in [3.8, 4) is 16.8 Å². The number of nitrogens with zero attached hydrogens (tertiary/aromatic N) is 1. The van der Waals surface area contributed by atoms with E-state index in [0.717, 1.165) is 12.8 Å². The van der Waals surface area contributed by atoms with Crippen LogP contribution in [-0.4, -0.2) is 9.55 Å². The molecule has 4 aromatic carbocycles. The fourth-order valence-electron chi connectivity index (χ4n) is 6.61. The lowest BCUT2D eigenvalue weighted by atomic mass is 9.82. The highest BCUT2D eigenvalue weighted by atomic mass is 15.0. The summed E-state index contributed by atoms with van der Waals surface area (Å²) in [4.78, 5) is 3.70. The van der Waals surface area contributed by atoms with Gasteiger partial charge in [0, 0.05) is 43.3 Å². The molecule has 2 aromatic heterocycles. The molecule has 2 aliphatic rings. The van der Waals surface area contributed by atoms with Crippen LogP contribution in [0.5, 0.6) is 0 Å². The van der Waals surface area contributed by atoms with Gasteiger partial charge in [0.05, 0.1) is 11.0 Å². The predicted octanol–water partition coefficient (Wildman–Crippen LogP) is 6.93. The number of aromatic amines is 1. The third-order valence-corrected chi connectivity index (χ3v) is 8.33. The van der Waals surface area contributed by atoms with Crippen molar-refractivity contribution in [2.24, 2.45) is 0 Å². The molecule has 0 bridgehead atoms. The van der Waals surface area contributed by atoms with E-state index < -0.39 is 0 Å². The highest BCUT2D eigenvalue weighted by Gasteiger charge is 2.37. The van der Waals surface area contributed by atoms with Crippen molar-refractivity contribution in [1.82, 2.24) is 9.55 Å². The van der Waals surface area contributed by atoms with Gasteiger partial charge in [-0.25, -0.2) is 0 Å². The quantitative estimate of drug-likeness (QED) is 0.281. The molecule has 2 heteroatoms. The van der Waals surface area contributed by atoms with Gasteiger partial charge in [0.15, 0.2) is 0 Å². The van der Waals surface area contributed by atoms with Crippen LogP contribution in [0.2, 0.25) is 0 Å². The first-order valence-electron chi connectivity index (χ1n) is 12.6. The summed E-state index contributed by atoms with van der Waals surface area (Å²) in [5, 5.41) is 6.65. The third-order valence-electron chi connectivity index (χ3n) is 8.33. The summed E-state index contributed by atoms with van der Waals surface area (Å²) in [6.45, 7) is 4.76. The highest BCUT2D eigenvalue weighted by Crippen LogP contribution is 2.51. The first-order chi connectivity index (χ1) is 17.1. The van der Waals surface area contributed by atoms with Gasteiger partial charge in [0.1, 0.15) is 0 Å². The number of H-pyrrole nitrogens is 1. The Balaban J connectivity index is 1.50. The monoisotopic (exact) mass is 450 g/mol. The summed E-state index contributed by atoms with van der Waals surface area (Å²) in [5.41, 5.74) is 10.5. The van der Waals surface area contributed by atoms with E-state index in [2.05, 4.69) is 114 Å². The Morgan fingerprint density at radius 2 is 1.40 bits per heavy atom. The maximum absolute atomic E-state index is 3.70. The molecular formula is C33H26N2. The largest absolute Gasteiger partial charge is 0.355 e.